The van der Waals surface area contributed by atoms with E-state index < -0.39 is 0 Å². The van der Waals surface area contributed by atoms with Crippen molar-refractivity contribution in [3.63, 3.8) is 0 Å². The van der Waals surface area contributed by atoms with Crippen LogP contribution in [0.25, 0.3) is 0 Å². The van der Waals surface area contributed by atoms with Crippen LogP contribution >= 0.6 is 0 Å². The first-order valence-electron chi connectivity index (χ1n) is 9.48. The van der Waals surface area contributed by atoms with Crippen LogP contribution in [0.4, 0.5) is 5.82 Å². The quantitative estimate of drug-likeness (QED) is 0.905. The molecule has 2 aliphatic rings. The molecule has 138 valence electrons. The molecule has 1 aliphatic carbocycles. The number of nitrogen functional groups attached to an aromatic ring is 1. The van der Waals surface area contributed by atoms with E-state index in [1.807, 2.05) is 0 Å². The number of likely N-dealkylation sites (N-methyl/N-ethyl adjacent to an activating group) is 1. The van der Waals surface area contributed by atoms with E-state index in [1.54, 1.807) is 12.3 Å². The number of nitrogens with two attached hydrogens (primary N) is 1. The number of aromatic nitrogens is 2. The van der Waals surface area contributed by atoms with E-state index >= 15 is 0 Å². The Labute approximate surface area is 150 Å². The molecule has 2 fully saturated rings. The molecule has 6 nitrogen and oxygen atoms in total. The lowest BCUT2D eigenvalue weighted by molar-refractivity contribution is -0.136. The summed E-state index contributed by atoms with van der Waals surface area (Å²) in [5, 5.41) is 0. The summed E-state index contributed by atoms with van der Waals surface area (Å²) in [6.45, 7) is 6.90. The highest BCUT2D eigenvalue weighted by Gasteiger charge is 2.35. The summed E-state index contributed by atoms with van der Waals surface area (Å²) in [5.74, 6) is 3.16. The molecule has 0 spiro atoms. The third kappa shape index (κ3) is 4.48. The molecule has 1 aliphatic heterocycles. The molecule has 25 heavy (non-hydrogen) atoms. The Kier molecular flexibility index (Phi) is 5.57. The fourth-order valence-corrected chi connectivity index (χ4v) is 4.55. The molecule has 1 saturated carbocycles. The summed E-state index contributed by atoms with van der Waals surface area (Å²) in [4.78, 5) is 25.8. The van der Waals surface area contributed by atoms with Crippen LogP contribution in [0, 0.1) is 17.8 Å². The second kappa shape index (κ2) is 7.68. The van der Waals surface area contributed by atoms with Crippen molar-refractivity contribution in [2.45, 2.75) is 52.1 Å². The standard InChI is InChI=1S/C19H31N5O/c1-13-8-14(2)10-15(9-13)19(25)24-7-5-16(11-24)23(3)12-18-21-6-4-17(20)22-18/h4,6,13-16H,5,7-12H2,1-3H3,(H2,20,21,22)/t13-,14+,15?,16-/m1/s1. The maximum atomic E-state index is 12.9. The third-order valence-corrected chi connectivity index (χ3v) is 5.74. The lowest BCUT2D eigenvalue weighted by Gasteiger charge is -2.33. The van der Waals surface area contributed by atoms with E-state index in [0.29, 0.717) is 36.1 Å². The summed E-state index contributed by atoms with van der Waals surface area (Å²) in [6.07, 6.45) is 6.08. The average Bonchev–Trinajstić information content (AvgIpc) is 3.03. The Morgan fingerprint density at radius 2 is 2.04 bits per heavy atom. The highest BCUT2D eigenvalue weighted by molar-refractivity contribution is 5.79. The van der Waals surface area contributed by atoms with Gasteiger partial charge in [0.25, 0.3) is 0 Å². The number of likely N-dealkylation sites (tertiary alicyclic amines) is 1. The normalized spacial score (nSPS) is 30.0. The van der Waals surface area contributed by atoms with Crippen molar-refractivity contribution in [2.24, 2.45) is 17.8 Å². The van der Waals surface area contributed by atoms with Crippen LogP contribution in [0.1, 0.15) is 45.4 Å². The van der Waals surface area contributed by atoms with Gasteiger partial charge < -0.3 is 10.6 Å². The van der Waals surface area contributed by atoms with Crippen molar-refractivity contribution in [3.8, 4) is 0 Å². The van der Waals surface area contributed by atoms with E-state index in [1.165, 1.54) is 6.42 Å². The van der Waals surface area contributed by atoms with Gasteiger partial charge in [-0.05, 0) is 50.6 Å². The molecule has 3 rings (SSSR count). The average molecular weight is 345 g/mol. The number of hydrogen-bond acceptors (Lipinski definition) is 5. The Morgan fingerprint density at radius 1 is 1.32 bits per heavy atom. The number of carbonyl (C=O) groups is 1. The number of hydrogen-bond donors (Lipinski definition) is 1. The van der Waals surface area contributed by atoms with Crippen LogP contribution in [0.2, 0.25) is 0 Å². The Hall–Kier alpha value is -1.69. The van der Waals surface area contributed by atoms with Gasteiger partial charge in [-0.1, -0.05) is 13.8 Å². The lowest BCUT2D eigenvalue weighted by Crippen LogP contribution is -2.40. The van der Waals surface area contributed by atoms with Crippen LogP contribution in [-0.2, 0) is 11.3 Å². The first kappa shape index (κ1) is 18.1. The van der Waals surface area contributed by atoms with Gasteiger partial charge >= 0.3 is 0 Å². The van der Waals surface area contributed by atoms with Crippen molar-refractivity contribution >= 4 is 11.7 Å². The van der Waals surface area contributed by atoms with Gasteiger partial charge in [0.05, 0.1) is 6.54 Å². The minimum absolute atomic E-state index is 0.222. The van der Waals surface area contributed by atoms with Crippen LogP contribution in [0.15, 0.2) is 12.3 Å². The molecule has 1 amide bonds. The second-order valence-corrected chi connectivity index (χ2v) is 8.15. The Bertz CT molecular complexity index is 597. The van der Waals surface area contributed by atoms with Crippen LogP contribution < -0.4 is 5.73 Å². The van der Waals surface area contributed by atoms with E-state index in [4.69, 9.17) is 5.73 Å². The van der Waals surface area contributed by atoms with Crippen molar-refractivity contribution in [1.82, 2.24) is 19.8 Å². The van der Waals surface area contributed by atoms with E-state index in [2.05, 4.69) is 40.7 Å². The maximum Gasteiger partial charge on any atom is 0.225 e. The molecular formula is C19H31N5O. The van der Waals surface area contributed by atoms with Gasteiger partial charge in [-0.3, -0.25) is 9.69 Å². The second-order valence-electron chi connectivity index (χ2n) is 8.15. The minimum Gasteiger partial charge on any atom is -0.384 e. The molecule has 0 radical (unpaired) electrons. The highest BCUT2D eigenvalue weighted by atomic mass is 16.2. The molecule has 0 aromatic carbocycles. The first-order valence-corrected chi connectivity index (χ1v) is 9.48. The predicted molar refractivity (Wildman–Crippen MR) is 98.6 cm³/mol. The minimum atomic E-state index is 0.222. The van der Waals surface area contributed by atoms with Crippen molar-refractivity contribution in [3.05, 3.63) is 18.1 Å². The zero-order valence-corrected chi connectivity index (χ0v) is 15.7. The largest absolute Gasteiger partial charge is 0.384 e. The lowest BCUT2D eigenvalue weighted by atomic mass is 9.76. The highest BCUT2D eigenvalue weighted by Crippen LogP contribution is 2.34. The number of carbonyl (C=O) groups excluding carboxylic acids is 1. The molecule has 1 aromatic heterocycles. The SMILES string of the molecule is C[C@@H]1CC(C(=O)N2CC[C@@H](N(C)Cc3nccc(N)n3)C2)C[C@H](C)C1. The summed E-state index contributed by atoms with van der Waals surface area (Å²) in [7, 11) is 2.08. The van der Waals surface area contributed by atoms with Crippen LogP contribution in [0.5, 0.6) is 0 Å². The van der Waals surface area contributed by atoms with Crippen LogP contribution in [0.3, 0.4) is 0 Å². The molecule has 2 N–H and O–H groups in total. The Morgan fingerprint density at radius 3 is 2.72 bits per heavy atom. The summed E-state index contributed by atoms with van der Waals surface area (Å²) < 4.78 is 0. The van der Waals surface area contributed by atoms with E-state index in [9.17, 15) is 4.79 Å². The van der Waals surface area contributed by atoms with Gasteiger partial charge in [0.2, 0.25) is 5.91 Å². The van der Waals surface area contributed by atoms with Gasteiger partial charge in [-0.15, -0.1) is 0 Å². The molecule has 2 heterocycles. The van der Waals surface area contributed by atoms with Gasteiger partial charge in [0.1, 0.15) is 11.6 Å². The number of anilines is 1. The fraction of sp³-hybridized carbons (Fsp3) is 0.737. The molecule has 4 atom stereocenters. The third-order valence-electron chi connectivity index (χ3n) is 5.74. The van der Waals surface area contributed by atoms with E-state index in [0.717, 1.165) is 38.2 Å². The molecule has 6 heteroatoms. The smallest absolute Gasteiger partial charge is 0.225 e. The van der Waals surface area contributed by atoms with Gasteiger partial charge in [-0.2, -0.15) is 0 Å². The summed E-state index contributed by atoms with van der Waals surface area (Å²) >= 11 is 0. The summed E-state index contributed by atoms with van der Waals surface area (Å²) in [5.41, 5.74) is 5.73. The zero-order valence-electron chi connectivity index (χ0n) is 15.7. The van der Waals surface area contributed by atoms with Gasteiger partial charge in [0.15, 0.2) is 0 Å². The van der Waals surface area contributed by atoms with Gasteiger partial charge in [-0.25, -0.2) is 9.97 Å². The van der Waals surface area contributed by atoms with Crippen molar-refractivity contribution < 1.29 is 4.79 Å². The van der Waals surface area contributed by atoms with E-state index in [-0.39, 0.29) is 5.92 Å². The monoisotopic (exact) mass is 345 g/mol. The summed E-state index contributed by atoms with van der Waals surface area (Å²) in [6, 6.07) is 2.07. The zero-order chi connectivity index (χ0) is 18.0. The molecule has 1 unspecified atom stereocenters. The van der Waals surface area contributed by atoms with Crippen molar-refractivity contribution in [1.29, 1.82) is 0 Å². The maximum absolute atomic E-state index is 12.9. The Balaban J connectivity index is 1.54. The topological polar surface area (TPSA) is 75.4 Å². The van der Waals surface area contributed by atoms with Crippen LogP contribution in [-0.4, -0.2) is 51.9 Å². The molecule has 0 bridgehead atoms. The fourth-order valence-electron chi connectivity index (χ4n) is 4.55. The number of amides is 1. The predicted octanol–water partition coefficient (Wildman–Crippen LogP) is 2.16. The molecular weight excluding hydrogens is 314 g/mol. The number of nitrogens with zero attached hydrogens (tertiary/aromatic N) is 4. The number of rotatable bonds is 4. The van der Waals surface area contributed by atoms with Gasteiger partial charge in [0, 0.05) is 31.2 Å². The molecule has 1 aromatic rings. The first-order chi connectivity index (χ1) is 11.9. The van der Waals surface area contributed by atoms with Crippen molar-refractivity contribution in [2.75, 3.05) is 25.9 Å². The molecule has 1 saturated heterocycles.